The van der Waals surface area contributed by atoms with Crippen LogP contribution in [0.25, 0.3) is 0 Å². The summed E-state index contributed by atoms with van der Waals surface area (Å²) in [6, 6.07) is 0.435. The van der Waals surface area contributed by atoms with Crippen molar-refractivity contribution in [1.82, 2.24) is 15.5 Å². The summed E-state index contributed by atoms with van der Waals surface area (Å²) in [5.74, 6) is -3.26. The number of carbonyl (C=O) groups excluding carboxylic acids is 4. The molecule has 0 aliphatic heterocycles. The first kappa shape index (κ1) is 30.4. The SMILES string of the molecule is CC(C)[C@H](NC(=O)[C@H](COP(=O)(O)O)N(C)C(=O)Oc1ccc([N+](=O)[O-])cc1)C(=O)N[C@@H](C)C(N)=O. The van der Waals surface area contributed by atoms with Gasteiger partial charge in [0.05, 0.1) is 11.5 Å². The van der Waals surface area contributed by atoms with E-state index in [2.05, 4.69) is 15.2 Å². The first-order valence-corrected chi connectivity index (χ1v) is 11.9. The van der Waals surface area contributed by atoms with E-state index in [-0.39, 0.29) is 11.4 Å². The number of phosphoric acid groups is 1. The summed E-state index contributed by atoms with van der Waals surface area (Å²) in [7, 11) is -4.00. The van der Waals surface area contributed by atoms with Crippen molar-refractivity contribution < 1.29 is 47.7 Å². The van der Waals surface area contributed by atoms with E-state index in [1.165, 1.54) is 6.92 Å². The van der Waals surface area contributed by atoms with Gasteiger partial charge >= 0.3 is 13.9 Å². The van der Waals surface area contributed by atoms with Crippen molar-refractivity contribution in [3.05, 3.63) is 34.4 Å². The molecule has 6 N–H and O–H groups in total. The molecule has 1 aromatic carbocycles. The number of rotatable bonds is 12. The van der Waals surface area contributed by atoms with Crippen LogP contribution in [0.4, 0.5) is 10.5 Å². The van der Waals surface area contributed by atoms with Crippen molar-refractivity contribution in [2.45, 2.75) is 38.9 Å². The van der Waals surface area contributed by atoms with Crippen LogP contribution >= 0.6 is 7.82 Å². The zero-order chi connectivity index (χ0) is 27.8. The molecule has 0 saturated heterocycles. The van der Waals surface area contributed by atoms with Crippen molar-refractivity contribution in [1.29, 1.82) is 0 Å². The predicted octanol–water partition coefficient (Wildman–Crippen LogP) is -0.366. The van der Waals surface area contributed by atoms with Crippen LogP contribution in [0.15, 0.2) is 24.3 Å². The molecule has 0 radical (unpaired) electrons. The number of hydrogen-bond acceptors (Lipinski definition) is 9. The predicted molar refractivity (Wildman–Crippen MR) is 122 cm³/mol. The molecule has 1 aromatic rings. The Morgan fingerprint density at radius 3 is 2.11 bits per heavy atom. The van der Waals surface area contributed by atoms with Crippen LogP contribution in [0.5, 0.6) is 5.75 Å². The van der Waals surface area contributed by atoms with Gasteiger partial charge in [-0.15, -0.1) is 0 Å². The Hall–Kier alpha value is -3.59. The molecule has 1 rings (SSSR count). The van der Waals surface area contributed by atoms with Gasteiger partial charge < -0.3 is 30.9 Å². The van der Waals surface area contributed by atoms with Crippen LogP contribution in [-0.4, -0.2) is 75.2 Å². The van der Waals surface area contributed by atoms with E-state index in [0.29, 0.717) is 4.90 Å². The lowest BCUT2D eigenvalue weighted by Crippen LogP contribution is -2.58. The monoisotopic (exact) mass is 533 g/mol. The zero-order valence-electron chi connectivity index (χ0n) is 19.8. The minimum atomic E-state index is -5.07. The van der Waals surface area contributed by atoms with Crippen LogP contribution in [0.3, 0.4) is 0 Å². The first-order chi connectivity index (χ1) is 16.5. The van der Waals surface area contributed by atoms with Crippen LogP contribution < -0.4 is 21.1 Å². The van der Waals surface area contributed by atoms with E-state index in [0.717, 1.165) is 31.3 Å². The van der Waals surface area contributed by atoms with Gasteiger partial charge in [0.25, 0.3) is 5.69 Å². The number of nitrogens with one attached hydrogen (secondary N) is 2. The van der Waals surface area contributed by atoms with Crippen molar-refractivity contribution >= 4 is 37.3 Å². The van der Waals surface area contributed by atoms with Gasteiger partial charge in [-0.1, -0.05) is 13.8 Å². The second kappa shape index (κ2) is 12.9. The summed E-state index contributed by atoms with van der Waals surface area (Å²) in [5.41, 5.74) is 4.86. The van der Waals surface area contributed by atoms with Crippen molar-refractivity contribution in [3.8, 4) is 5.75 Å². The summed E-state index contributed by atoms with van der Waals surface area (Å²) >= 11 is 0. The molecule has 3 atom stereocenters. The van der Waals surface area contributed by atoms with Gasteiger partial charge in [0.15, 0.2) is 0 Å². The average Bonchev–Trinajstić information content (AvgIpc) is 2.76. The van der Waals surface area contributed by atoms with Crippen molar-refractivity contribution in [2.75, 3.05) is 13.7 Å². The van der Waals surface area contributed by atoms with Crippen molar-refractivity contribution in [2.24, 2.45) is 11.7 Å². The molecule has 36 heavy (non-hydrogen) atoms. The number of nitro benzene ring substituents is 1. The Bertz CT molecular complexity index is 1030. The third-order valence-corrected chi connectivity index (χ3v) is 5.23. The van der Waals surface area contributed by atoms with Crippen molar-refractivity contribution in [3.63, 3.8) is 0 Å². The van der Waals surface area contributed by atoms with E-state index in [1.54, 1.807) is 13.8 Å². The van der Waals surface area contributed by atoms with Gasteiger partial charge in [-0.05, 0) is 25.0 Å². The molecule has 0 aromatic heterocycles. The molecule has 17 heteroatoms. The molecule has 4 amide bonds. The number of phosphoric ester groups is 1. The minimum Gasteiger partial charge on any atom is -0.410 e. The molecule has 0 aliphatic carbocycles. The van der Waals surface area contributed by atoms with E-state index in [1.807, 2.05) is 0 Å². The van der Waals surface area contributed by atoms with Crippen LogP contribution in [0, 0.1) is 16.0 Å². The molecule has 16 nitrogen and oxygen atoms in total. The standard InChI is InChI=1S/C19H28N5O11P/c1-10(2)15(18(27)21-11(3)16(20)25)22-17(26)14(9-34-36(31,32)33)23(4)19(28)35-13-7-5-12(6-8-13)24(29)30/h5-8,10-11,14-15H,9H2,1-4H3,(H2,20,25)(H,21,27)(H,22,26)(H2,31,32,33)/t11-,14-,15-/m0/s1. The molecule has 0 unspecified atom stereocenters. The highest BCUT2D eigenvalue weighted by atomic mass is 31.2. The number of amides is 4. The Balaban J connectivity index is 3.09. The number of nitrogens with zero attached hydrogens (tertiary/aromatic N) is 2. The number of hydrogen-bond donors (Lipinski definition) is 5. The largest absolute Gasteiger partial charge is 0.469 e. The quantitative estimate of drug-likeness (QED) is 0.132. The smallest absolute Gasteiger partial charge is 0.410 e. The number of nitro groups is 1. The maximum absolute atomic E-state index is 13.0. The van der Waals surface area contributed by atoms with Gasteiger partial charge in [0, 0.05) is 19.2 Å². The Morgan fingerprint density at radius 1 is 1.11 bits per heavy atom. The number of benzene rings is 1. The summed E-state index contributed by atoms with van der Waals surface area (Å²) in [6.45, 7) is 3.50. The van der Waals surface area contributed by atoms with E-state index in [9.17, 15) is 33.9 Å². The van der Waals surface area contributed by atoms with E-state index in [4.69, 9.17) is 20.3 Å². The molecule has 0 aliphatic rings. The molecule has 0 bridgehead atoms. The highest BCUT2D eigenvalue weighted by molar-refractivity contribution is 7.46. The molecule has 0 heterocycles. The second-order valence-corrected chi connectivity index (χ2v) is 9.13. The number of primary amides is 1. The summed E-state index contributed by atoms with van der Waals surface area (Å²) in [5, 5.41) is 15.4. The number of nitrogens with two attached hydrogens (primary N) is 1. The fourth-order valence-corrected chi connectivity index (χ4v) is 2.96. The van der Waals surface area contributed by atoms with Crippen LogP contribution in [0.2, 0.25) is 0 Å². The number of likely N-dealkylation sites (N-methyl/N-ethyl adjacent to an activating group) is 1. The second-order valence-electron chi connectivity index (χ2n) is 7.89. The maximum atomic E-state index is 13.0. The van der Waals surface area contributed by atoms with Crippen LogP contribution in [-0.2, 0) is 23.5 Å². The maximum Gasteiger partial charge on any atom is 0.469 e. The minimum absolute atomic E-state index is 0.118. The fourth-order valence-electron chi connectivity index (χ4n) is 2.63. The molecular weight excluding hydrogens is 505 g/mol. The van der Waals surface area contributed by atoms with Gasteiger partial charge in [-0.3, -0.25) is 33.9 Å². The Morgan fingerprint density at radius 2 is 1.67 bits per heavy atom. The first-order valence-electron chi connectivity index (χ1n) is 10.3. The Kier molecular flexibility index (Phi) is 10.9. The Labute approximate surface area is 205 Å². The molecule has 0 spiro atoms. The lowest BCUT2D eigenvalue weighted by Gasteiger charge is -2.29. The highest BCUT2D eigenvalue weighted by Gasteiger charge is 2.35. The summed E-state index contributed by atoms with van der Waals surface area (Å²) in [6.07, 6.45) is -1.17. The fraction of sp³-hybridized carbons (Fsp3) is 0.474. The average molecular weight is 533 g/mol. The molecular formula is C19H28N5O11P. The number of carbonyl (C=O) groups is 4. The number of ether oxygens (including phenoxy) is 1. The molecule has 200 valence electrons. The summed E-state index contributed by atoms with van der Waals surface area (Å²) in [4.78, 5) is 78.2. The van der Waals surface area contributed by atoms with Gasteiger partial charge in [0.2, 0.25) is 17.7 Å². The van der Waals surface area contributed by atoms with E-state index < -0.39 is 67.2 Å². The van der Waals surface area contributed by atoms with Crippen LogP contribution in [0.1, 0.15) is 20.8 Å². The highest BCUT2D eigenvalue weighted by Crippen LogP contribution is 2.36. The molecule has 0 fully saturated rings. The van der Waals surface area contributed by atoms with Gasteiger partial charge in [-0.2, -0.15) is 0 Å². The normalized spacial score (nSPS) is 13.8. The van der Waals surface area contributed by atoms with E-state index >= 15 is 0 Å². The lowest BCUT2D eigenvalue weighted by atomic mass is 10.0. The topological polar surface area (TPSA) is 241 Å². The molecule has 0 saturated carbocycles. The zero-order valence-corrected chi connectivity index (χ0v) is 20.7. The summed E-state index contributed by atoms with van der Waals surface area (Å²) < 4.78 is 20.6. The van der Waals surface area contributed by atoms with Gasteiger partial charge in [-0.25, -0.2) is 9.36 Å². The third kappa shape index (κ3) is 9.58. The number of non-ortho nitro benzene ring substituents is 1. The third-order valence-electron chi connectivity index (χ3n) is 4.74. The lowest BCUT2D eigenvalue weighted by molar-refractivity contribution is -0.384. The van der Waals surface area contributed by atoms with Gasteiger partial charge in [0.1, 0.15) is 23.9 Å².